The van der Waals surface area contributed by atoms with Crippen LogP contribution in [0.4, 0.5) is 17.6 Å². The fourth-order valence-corrected chi connectivity index (χ4v) is 3.50. The van der Waals surface area contributed by atoms with E-state index in [-0.39, 0.29) is 10.2 Å². The number of methoxy groups -OCH3 is 1. The maximum Gasteiger partial charge on any atom is 0.433 e. The summed E-state index contributed by atoms with van der Waals surface area (Å²) in [5, 5.41) is 3.56. The lowest BCUT2D eigenvalue weighted by Crippen LogP contribution is -2.23. The van der Waals surface area contributed by atoms with Crippen molar-refractivity contribution in [1.82, 2.24) is 14.3 Å². The van der Waals surface area contributed by atoms with Crippen molar-refractivity contribution in [3.8, 4) is 11.3 Å². The molecule has 148 valence electrons. The molecule has 0 N–H and O–H groups in total. The Hall–Kier alpha value is -3.02. The van der Waals surface area contributed by atoms with Crippen molar-refractivity contribution in [2.45, 2.75) is 12.7 Å². The van der Waals surface area contributed by atoms with E-state index in [1.165, 1.54) is 0 Å². The van der Waals surface area contributed by atoms with Crippen LogP contribution in [0.5, 0.6) is 0 Å². The SMILES string of the molecule is COC(=O)Cn1c(=O)sc2cc(F)c(-c3nn(C)c(C(F)(F)F)cc3=O)cc21. The first kappa shape index (κ1) is 19.7. The van der Waals surface area contributed by atoms with Gasteiger partial charge in [-0.05, 0) is 12.1 Å². The molecule has 0 bridgehead atoms. The number of esters is 1. The first-order chi connectivity index (χ1) is 13.0. The molecule has 0 aliphatic heterocycles. The van der Waals surface area contributed by atoms with Crippen LogP contribution in [-0.4, -0.2) is 27.4 Å². The lowest BCUT2D eigenvalue weighted by molar-refractivity contribution is -0.144. The number of alkyl halides is 3. The van der Waals surface area contributed by atoms with Crippen LogP contribution in [0.1, 0.15) is 5.69 Å². The van der Waals surface area contributed by atoms with Gasteiger partial charge in [-0.3, -0.25) is 23.6 Å². The average Bonchev–Trinajstić information content (AvgIpc) is 2.89. The molecule has 0 saturated heterocycles. The van der Waals surface area contributed by atoms with Gasteiger partial charge in [-0.25, -0.2) is 4.39 Å². The maximum atomic E-state index is 14.5. The molecule has 3 rings (SSSR count). The quantitative estimate of drug-likeness (QED) is 0.482. The number of hydrogen-bond acceptors (Lipinski definition) is 6. The Balaban J connectivity index is 2.24. The van der Waals surface area contributed by atoms with Crippen molar-refractivity contribution >= 4 is 27.5 Å². The average molecular weight is 417 g/mol. The van der Waals surface area contributed by atoms with Gasteiger partial charge in [-0.1, -0.05) is 11.3 Å². The normalized spacial score (nSPS) is 11.8. The number of aryl methyl sites for hydroxylation is 1. The molecular weight excluding hydrogens is 406 g/mol. The van der Waals surface area contributed by atoms with Gasteiger partial charge in [0, 0.05) is 18.7 Å². The third-order valence-corrected chi connectivity index (χ3v) is 4.86. The number of carbonyl (C=O) groups is 1. The predicted octanol–water partition coefficient (Wildman–Crippen LogP) is 2.15. The molecule has 7 nitrogen and oxygen atoms in total. The summed E-state index contributed by atoms with van der Waals surface area (Å²) in [6, 6.07) is 2.38. The van der Waals surface area contributed by atoms with Crippen molar-refractivity contribution in [3.05, 3.63) is 49.6 Å². The molecular formula is C16H11F4N3O4S. The molecule has 0 unspecified atom stereocenters. The third-order valence-electron chi connectivity index (χ3n) is 3.92. The number of nitrogens with zero attached hydrogens (tertiary/aromatic N) is 3. The van der Waals surface area contributed by atoms with E-state index in [1.807, 2.05) is 0 Å². The summed E-state index contributed by atoms with van der Waals surface area (Å²) in [5.74, 6) is -1.67. The Bertz CT molecular complexity index is 1210. The van der Waals surface area contributed by atoms with Crippen LogP contribution in [-0.2, 0) is 29.3 Å². The molecule has 0 aliphatic carbocycles. The van der Waals surface area contributed by atoms with Gasteiger partial charge in [0.1, 0.15) is 23.7 Å². The van der Waals surface area contributed by atoms with Crippen molar-refractivity contribution in [1.29, 1.82) is 0 Å². The van der Waals surface area contributed by atoms with Crippen LogP contribution in [0.3, 0.4) is 0 Å². The summed E-state index contributed by atoms with van der Waals surface area (Å²) in [6.45, 7) is -0.446. The number of fused-ring (bicyclic) bond motifs is 1. The second kappa shape index (κ2) is 6.86. The summed E-state index contributed by atoms with van der Waals surface area (Å²) in [5.41, 5.74) is -3.25. The summed E-state index contributed by atoms with van der Waals surface area (Å²) >= 11 is 0.670. The van der Waals surface area contributed by atoms with Crippen molar-refractivity contribution < 1.29 is 27.1 Å². The lowest BCUT2D eigenvalue weighted by atomic mass is 10.1. The monoisotopic (exact) mass is 417 g/mol. The zero-order valence-electron chi connectivity index (χ0n) is 14.3. The van der Waals surface area contributed by atoms with Crippen LogP contribution in [0.2, 0.25) is 0 Å². The molecule has 2 heterocycles. The minimum absolute atomic E-state index is 0.126. The van der Waals surface area contributed by atoms with Gasteiger partial charge in [0.15, 0.2) is 0 Å². The molecule has 1 aromatic carbocycles. The zero-order chi connectivity index (χ0) is 20.8. The first-order valence-corrected chi connectivity index (χ1v) is 8.40. The van der Waals surface area contributed by atoms with Crippen LogP contribution < -0.4 is 10.3 Å². The number of halogens is 4. The second-order valence-electron chi connectivity index (χ2n) is 5.69. The van der Waals surface area contributed by atoms with E-state index in [0.29, 0.717) is 22.1 Å². The molecule has 0 fully saturated rings. The van der Waals surface area contributed by atoms with E-state index in [0.717, 1.165) is 30.9 Å². The van der Waals surface area contributed by atoms with Crippen LogP contribution >= 0.6 is 11.3 Å². The number of ether oxygens (including phenoxy) is 1. The van der Waals surface area contributed by atoms with Crippen molar-refractivity contribution in [2.24, 2.45) is 7.05 Å². The van der Waals surface area contributed by atoms with Crippen molar-refractivity contribution in [2.75, 3.05) is 7.11 Å². The highest BCUT2D eigenvalue weighted by Gasteiger charge is 2.34. The summed E-state index contributed by atoms with van der Waals surface area (Å²) in [4.78, 5) is 35.2. The number of rotatable bonds is 3. The fourth-order valence-electron chi connectivity index (χ4n) is 2.60. The Morgan fingerprint density at radius 1 is 1.25 bits per heavy atom. The van der Waals surface area contributed by atoms with Gasteiger partial charge in [0.2, 0.25) is 5.43 Å². The van der Waals surface area contributed by atoms with E-state index < -0.39 is 51.8 Å². The van der Waals surface area contributed by atoms with E-state index in [1.54, 1.807) is 0 Å². The minimum Gasteiger partial charge on any atom is -0.468 e. The first-order valence-electron chi connectivity index (χ1n) is 7.58. The van der Waals surface area contributed by atoms with E-state index in [9.17, 15) is 31.9 Å². The number of benzene rings is 1. The van der Waals surface area contributed by atoms with Gasteiger partial charge in [0.05, 0.1) is 17.3 Å². The van der Waals surface area contributed by atoms with Crippen LogP contribution in [0, 0.1) is 5.82 Å². The van der Waals surface area contributed by atoms with E-state index >= 15 is 0 Å². The highest BCUT2D eigenvalue weighted by atomic mass is 32.1. The number of carbonyl (C=O) groups excluding carboxylic acids is 1. The Morgan fingerprint density at radius 3 is 2.54 bits per heavy atom. The zero-order valence-corrected chi connectivity index (χ0v) is 15.2. The standard InChI is InChI=1S/C16H11F4N3O4S/c1-22-12(16(18,19)20)5-10(24)14(21-22)7-3-9-11(4-8(7)17)28-15(26)23(9)6-13(25)27-2/h3-5H,6H2,1-2H3. The van der Waals surface area contributed by atoms with Gasteiger partial charge in [0.25, 0.3) is 0 Å². The third kappa shape index (κ3) is 3.42. The minimum atomic E-state index is -4.81. The summed E-state index contributed by atoms with van der Waals surface area (Å²) < 4.78 is 59.4. The smallest absolute Gasteiger partial charge is 0.433 e. The second-order valence-corrected chi connectivity index (χ2v) is 6.69. The predicted molar refractivity (Wildman–Crippen MR) is 91.5 cm³/mol. The lowest BCUT2D eigenvalue weighted by Gasteiger charge is -2.12. The summed E-state index contributed by atoms with van der Waals surface area (Å²) in [7, 11) is 2.10. The largest absolute Gasteiger partial charge is 0.468 e. The molecule has 0 saturated carbocycles. The topological polar surface area (TPSA) is 83.2 Å². The molecule has 3 aromatic rings. The van der Waals surface area contributed by atoms with Crippen molar-refractivity contribution in [3.63, 3.8) is 0 Å². The molecule has 2 aromatic heterocycles. The Kier molecular flexibility index (Phi) is 4.83. The molecule has 0 spiro atoms. The molecule has 0 aliphatic rings. The molecule has 0 atom stereocenters. The number of thiazole rings is 1. The van der Waals surface area contributed by atoms with E-state index in [2.05, 4.69) is 9.84 Å². The Labute approximate surface area is 157 Å². The number of aromatic nitrogens is 3. The summed E-state index contributed by atoms with van der Waals surface area (Å²) in [6.07, 6.45) is -4.81. The van der Waals surface area contributed by atoms with Crippen LogP contribution in [0.15, 0.2) is 27.8 Å². The highest BCUT2D eigenvalue weighted by molar-refractivity contribution is 7.16. The van der Waals surface area contributed by atoms with Gasteiger partial charge < -0.3 is 4.74 Å². The molecule has 0 amide bonds. The number of hydrogen-bond donors (Lipinski definition) is 0. The Morgan fingerprint density at radius 2 is 1.93 bits per heavy atom. The maximum absolute atomic E-state index is 14.5. The van der Waals surface area contributed by atoms with Crippen LogP contribution in [0.25, 0.3) is 21.5 Å². The molecule has 28 heavy (non-hydrogen) atoms. The highest BCUT2D eigenvalue weighted by Crippen LogP contribution is 2.30. The molecule has 12 heteroatoms. The van der Waals surface area contributed by atoms with Gasteiger partial charge >= 0.3 is 17.0 Å². The van der Waals surface area contributed by atoms with E-state index in [4.69, 9.17) is 0 Å². The fraction of sp³-hybridized carbons (Fsp3) is 0.250. The molecule has 0 radical (unpaired) electrons. The van der Waals surface area contributed by atoms with Gasteiger partial charge in [-0.2, -0.15) is 18.3 Å². The van der Waals surface area contributed by atoms with Gasteiger partial charge in [-0.15, -0.1) is 0 Å².